The second-order valence-corrected chi connectivity index (χ2v) is 4.17. The van der Waals surface area contributed by atoms with Gasteiger partial charge >= 0.3 is 0 Å². The number of ether oxygens (including phenoxy) is 2. The highest BCUT2D eigenvalue weighted by molar-refractivity contribution is 6.31. The second-order valence-electron chi connectivity index (χ2n) is 3.76. The Labute approximate surface area is 112 Å². The topological polar surface area (TPSA) is 18.5 Å². The highest BCUT2D eigenvalue weighted by atomic mass is 35.5. The summed E-state index contributed by atoms with van der Waals surface area (Å²) in [6.45, 7) is 3.00. The molecule has 0 heterocycles. The van der Waals surface area contributed by atoms with Gasteiger partial charge in [0.15, 0.2) is 11.5 Å². The van der Waals surface area contributed by atoms with Crippen LogP contribution in [0.25, 0.3) is 0 Å². The van der Waals surface area contributed by atoms with Crippen LogP contribution >= 0.6 is 11.6 Å². The van der Waals surface area contributed by atoms with Crippen LogP contribution in [0, 0.1) is 0 Å². The van der Waals surface area contributed by atoms with Crippen LogP contribution in [-0.2, 0) is 6.61 Å². The van der Waals surface area contributed by atoms with Crippen LogP contribution in [0.4, 0.5) is 0 Å². The molecule has 2 aromatic carbocycles. The maximum atomic E-state index is 6.08. The van der Waals surface area contributed by atoms with Crippen molar-refractivity contribution in [2.24, 2.45) is 0 Å². The lowest BCUT2D eigenvalue weighted by Gasteiger charge is -2.12. The first-order chi connectivity index (χ1) is 8.81. The zero-order valence-electron chi connectivity index (χ0n) is 10.2. The van der Waals surface area contributed by atoms with Gasteiger partial charge in [-0.25, -0.2) is 0 Å². The summed E-state index contributed by atoms with van der Waals surface area (Å²) in [5.41, 5.74) is 0.963. The lowest BCUT2D eigenvalue weighted by atomic mass is 10.2. The molecular formula is C15H15ClO2. The molecule has 0 aliphatic rings. The normalized spacial score (nSPS) is 10.1. The molecule has 0 aliphatic heterocycles. The molecule has 94 valence electrons. The molecular weight excluding hydrogens is 248 g/mol. The van der Waals surface area contributed by atoms with Gasteiger partial charge in [0, 0.05) is 10.6 Å². The molecule has 0 saturated heterocycles. The van der Waals surface area contributed by atoms with Gasteiger partial charge in [-0.15, -0.1) is 0 Å². The Hall–Kier alpha value is -1.67. The van der Waals surface area contributed by atoms with E-state index < -0.39 is 0 Å². The summed E-state index contributed by atoms with van der Waals surface area (Å²) in [5.74, 6) is 1.49. The van der Waals surface area contributed by atoms with E-state index in [1.165, 1.54) is 0 Å². The molecule has 2 rings (SSSR count). The van der Waals surface area contributed by atoms with Crippen molar-refractivity contribution in [2.75, 3.05) is 6.61 Å². The van der Waals surface area contributed by atoms with Gasteiger partial charge in [-0.05, 0) is 25.1 Å². The Bertz CT molecular complexity index is 511. The highest BCUT2D eigenvalue weighted by Crippen LogP contribution is 2.28. The molecule has 0 bridgehead atoms. The molecule has 0 aliphatic carbocycles. The second kappa shape index (κ2) is 6.31. The summed E-state index contributed by atoms with van der Waals surface area (Å²) in [6.07, 6.45) is 0. The third kappa shape index (κ3) is 3.17. The zero-order chi connectivity index (χ0) is 12.8. The van der Waals surface area contributed by atoms with Crippen LogP contribution in [0.2, 0.25) is 5.02 Å². The average molecular weight is 263 g/mol. The van der Waals surface area contributed by atoms with Gasteiger partial charge in [0.05, 0.1) is 6.61 Å². The maximum Gasteiger partial charge on any atom is 0.161 e. The number of hydrogen-bond donors (Lipinski definition) is 0. The summed E-state index contributed by atoms with van der Waals surface area (Å²) in [5, 5.41) is 0.714. The van der Waals surface area contributed by atoms with Gasteiger partial charge in [-0.2, -0.15) is 0 Å². The highest BCUT2D eigenvalue weighted by Gasteiger charge is 2.05. The molecule has 0 saturated carbocycles. The van der Waals surface area contributed by atoms with Crippen molar-refractivity contribution in [1.29, 1.82) is 0 Å². The van der Waals surface area contributed by atoms with Crippen molar-refractivity contribution in [2.45, 2.75) is 13.5 Å². The van der Waals surface area contributed by atoms with Crippen molar-refractivity contribution >= 4 is 11.6 Å². The predicted molar refractivity (Wildman–Crippen MR) is 73.4 cm³/mol. The molecule has 2 aromatic rings. The van der Waals surface area contributed by atoms with Crippen molar-refractivity contribution in [3.63, 3.8) is 0 Å². The molecule has 0 aromatic heterocycles. The standard InChI is InChI=1S/C15H15ClO2/c1-2-17-14-9-5-6-10-15(14)18-11-12-7-3-4-8-13(12)16/h3-10H,2,11H2,1H3. The van der Waals surface area contributed by atoms with Crippen LogP contribution in [0.3, 0.4) is 0 Å². The molecule has 3 heteroatoms. The third-order valence-electron chi connectivity index (χ3n) is 2.49. The van der Waals surface area contributed by atoms with Crippen LogP contribution in [0.1, 0.15) is 12.5 Å². The first kappa shape index (κ1) is 12.8. The minimum absolute atomic E-state index is 0.434. The third-order valence-corrected chi connectivity index (χ3v) is 2.86. The van der Waals surface area contributed by atoms with Crippen molar-refractivity contribution in [3.8, 4) is 11.5 Å². The van der Waals surface area contributed by atoms with E-state index in [1.807, 2.05) is 55.5 Å². The zero-order valence-corrected chi connectivity index (χ0v) is 11.0. The van der Waals surface area contributed by atoms with Crippen LogP contribution < -0.4 is 9.47 Å². The largest absolute Gasteiger partial charge is 0.490 e. The lowest BCUT2D eigenvalue weighted by Crippen LogP contribution is -1.99. The first-order valence-corrected chi connectivity index (χ1v) is 6.27. The van der Waals surface area contributed by atoms with Gasteiger partial charge in [-0.1, -0.05) is 41.9 Å². The van der Waals surface area contributed by atoms with E-state index in [1.54, 1.807) is 0 Å². The summed E-state index contributed by atoms with van der Waals surface area (Å²) in [7, 11) is 0. The molecule has 0 fully saturated rings. The summed E-state index contributed by atoms with van der Waals surface area (Å²) in [6, 6.07) is 15.3. The van der Waals surface area contributed by atoms with Gasteiger partial charge in [0.1, 0.15) is 6.61 Å². The van der Waals surface area contributed by atoms with Gasteiger partial charge < -0.3 is 9.47 Å². The molecule has 2 nitrogen and oxygen atoms in total. The first-order valence-electron chi connectivity index (χ1n) is 5.89. The van der Waals surface area contributed by atoms with E-state index in [0.29, 0.717) is 18.2 Å². The fraction of sp³-hybridized carbons (Fsp3) is 0.200. The van der Waals surface area contributed by atoms with Crippen molar-refractivity contribution in [3.05, 3.63) is 59.1 Å². The number of hydrogen-bond acceptors (Lipinski definition) is 2. The quantitative estimate of drug-likeness (QED) is 0.799. The Morgan fingerprint density at radius 2 is 1.50 bits per heavy atom. The molecule has 0 N–H and O–H groups in total. The van der Waals surface area contributed by atoms with E-state index in [9.17, 15) is 0 Å². The van der Waals surface area contributed by atoms with Gasteiger partial charge in [-0.3, -0.25) is 0 Å². The van der Waals surface area contributed by atoms with Gasteiger partial charge in [0.2, 0.25) is 0 Å². The van der Waals surface area contributed by atoms with E-state index in [-0.39, 0.29) is 0 Å². The number of halogens is 1. The Morgan fingerprint density at radius 1 is 0.889 bits per heavy atom. The van der Waals surface area contributed by atoms with Crippen LogP contribution in [0.5, 0.6) is 11.5 Å². The Morgan fingerprint density at radius 3 is 2.17 bits per heavy atom. The number of para-hydroxylation sites is 2. The number of benzene rings is 2. The van der Waals surface area contributed by atoms with Gasteiger partial charge in [0.25, 0.3) is 0 Å². The number of rotatable bonds is 5. The van der Waals surface area contributed by atoms with Crippen molar-refractivity contribution < 1.29 is 9.47 Å². The maximum absolute atomic E-state index is 6.08. The molecule has 0 radical (unpaired) electrons. The Balaban J connectivity index is 2.08. The van der Waals surface area contributed by atoms with E-state index in [2.05, 4.69) is 0 Å². The summed E-state index contributed by atoms with van der Waals surface area (Å²) >= 11 is 6.08. The smallest absolute Gasteiger partial charge is 0.161 e. The van der Waals surface area contributed by atoms with Crippen LogP contribution in [0.15, 0.2) is 48.5 Å². The molecule has 0 unspecified atom stereocenters. The fourth-order valence-electron chi connectivity index (χ4n) is 1.62. The minimum atomic E-state index is 0.434. The Kier molecular flexibility index (Phi) is 4.48. The lowest BCUT2D eigenvalue weighted by molar-refractivity contribution is 0.269. The predicted octanol–water partition coefficient (Wildman–Crippen LogP) is 4.32. The average Bonchev–Trinajstić information content (AvgIpc) is 2.40. The SMILES string of the molecule is CCOc1ccccc1OCc1ccccc1Cl. The summed E-state index contributed by atoms with van der Waals surface area (Å²) < 4.78 is 11.2. The van der Waals surface area contributed by atoms with Crippen molar-refractivity contribution in [1.82, 2.24) is 0 Å². The molecule has 0 spiro atoms. The fourth-order valence-corrected chi connectivity index (χ4v) is 1.81. The monoisotopic (exact) mass is 262 g/mol. The molecule has 18 heavy (non-hydrogen) atoms. The van der Waals surface area contributed by atoms with E-state index in [0.717, 1.165) is 17.1 Å². The van der Waals surface area contributed by atoms with E-state index >= 15 is 0 Å². The van der Waals surface area contributed by atoms with Crippen LogP contribution in [-0.4, -0.2) is 6.61 Å². The minimum Gasteiger partial charge on any atom is -0.490 e. The molecule has 0 atom stereocenters. The van der Waals surface area contributed by atoms with E-state index in [4.69, 9.17) is 21.1 Å². The summed E-state index contributed by atoms with van der Waals surface area (Å²) in [4.78, 5) is 0. The molecule has 0 amide bonds.